The Morgan fingerprint density at radius 1 is 1.32 bits per heavy atom. The van der Waals surface area contributed by atoms with Crippen LogP contribution in [0.3, 0.4) is 0 Å². The average Bonchev–Trinajstić information content (AvgIpc) is 2.40. The Balaban J connectivity index is 1.96. The Morgan fingerprint density at radius 3 is 2.74 bits per heavy atom. The van der Waals surface area contributed by atoms with Crippen LogP contribution in [0.15, 0.2) is 18.5 Å². The third-order valence-corrected chi connectivity index (χ3v) is 3.52. The lowest BCUT2D eigenvalue weighted by Gasteiger charge is -2.20. The average molecular weight is 262 g/mol. The number of carboxylic acid groups (broad SMARTS) is 1. The minimum atomic E-state index is -1.06. The lowest BCUT2D eigenvalue weighted by atomic mass is 9.87. The van der Waals surface area contributed by atoms with Gasteiger partial charge in [0.15, 0.2) is 0 Å². The van der Waals surface area contributed by atoms with Gasteiger partial charge in [0.1, 0.15) is 0 Å². The first-order valence-electron chi connectivity index (χ1n) is 6.64. The molecule has 1 amide bonds. The molecule has 2 rings (SSSR count). The molecule has 1 fully saturated rings. The van der Waals surface area contributed by atoms with Gasteiger partial charge in [0.25, 0.3) is 0 Å². The minimum Gasteiger partial charge on any atom is -0.478 e. The molecule has 0 spiro atoms. The number of hydrogen-bond acceptors (Lipinski definition) is 3. The van der Waals surface area contributed by atoms with Crippen LogP contribution < -0.4 is 5.32 Å². The molecular formula is C14H18N2O3. The van der Waals surface area contributed by atoms with Crippen LogP contribution in [0.4, 0.5) is 5.69 Å². The fraction of sp³-hybridized carbons (Fsp3) is 0.500. The van der Waals surface area contributed by atoms with E-state index in [0.29, 0.717) is 12.3 Å². The van der Waals surface area contributed by atoms with E-state index in [2.05, 4.69) is 10.3 Å². The molecule has 102 valence electrons. The summed E-state index contributed by atoms with van der Waals surface area (Å²) in [4.78, 5) is 26.8. The van der Waals surface area contributed by atoms with Gasteiger partial charge in [-0.1, -0.05) is 19.3 Å². The van der Waals surface area contributed by atoms with Gasteiger partial charge in [0.2, 0.25) is 5.91 Å². The highest BCUT2D eigenvalue weighted by Crippen LogP contribution is 2.26. The van der Waals surface area contributed by atoms with E-state index in [0.717, 1.165) is 12.8 Å². The molecule has 5 heteroatoms. The lowest BCUT2D eigenvalue weighted by Crippen LogP contribution is -2.19. The molecule has 5 nitrogen and oxygen atoms in total. The maximum absolute atomic E-state index is 11.9. The number of aromatic carboxylic acids is 1. The fourth-order valence-corrected chi connectivity index (χ4v) is 2.54. The monoisotopic (exact) mass is 262 g/mol. The number of carbonyl (C=O) groups excluding carboxylic acids is 1. The summed E-state index contributed by atoms with van der Waals surface area (Å²) in [6, 6.07) is 1.39. The Labute approximate surface area is 112 Å². The second-order valence-electron chi connectivity index (χ2n) is 4.98. The van der Waals surface area contributed by atoms with Gasteiger partial charge in [-0.2, -0.15) is 0 Å². The largest absolute Gasteiger partial charge is 0.478 e. The molecule has 0 atom stereocenters. The van der Waals surface area contributed by atoms with E-state index in [-0.39, 0.29) is 17.2 Å². The summed E-state index contributed by atoms with van der Waals surface area (Å²) in [5.74, 6) is -0.753. The molecule has 0 bridgehead atoms. The van der Waals surface area contributed by atoms with Crippen molar-refractivity contribution < 1.29 is 14.7 Å². The molecule has 0 unspecified atom stereocenters. The predicted octanol–water partition coefficient (Wildman–Crippen LogP) is 2.69. The SMILES string of the molecule is O=C(CC1CCCCC1)Nc1cnccc1C(=O)O. The van der Waals surface area contributed by atoms with E-state index in [1.165, 1.54) is 37.7 Å². The number of anilines is 1. The molecular weight excluding hydrogens is 244 g/mol. The summed E-state index contributed by atoms with van der Waals surface area (Å²) in [7, 11) is 0. The van der Waals surface area contributed by atoms with Crippen LogP contribution in [-0.2, 0) is 4.79 Å². The van der Waals surface area contributed by atoms with E-state index in [4.69, 9.17) is 5.11 Å². The van der Waals surface area contributed by atoms with Crippen molar-refractivity contribution in [3.63, 3.8) is 0 Å². The van der Waals surface area contributed by atoms with E-state index < -0.39 is 5.97 Å². The third kappa shape index (κ3) is 3.77. The molecule has 2 N–H and O–H groups in total. The quantitative estimate of drug-likeness (QED) is 0.874. The number of amides is 1. The zero-order valence-corrected chi connectivity index (χ0v) is 10.8. The van der Waals surface area contributed by atoms with E-state index in [9.17, 15) is 9.59 Å². The molecule has 1 saturated carbocycles. The molecule has 0 aromatic carbocycles. The van der Waals surface area contributed by atoms with Crippen molar-refractivity contribution >= 4 is 17.6 Å². The van der Waals surface area contributed by atoms with Crippen LogP contribution in [0.5, 0.6) is 0 Å². The number of carboxylic acids is 1. The Bertz CT molecular complexity index is 468. The van der Waals surface area contributed by atoms with Crippen molar-refractivity contribution in [2.75, 3.05) is 5.32 Å². The maximum atomic E-state index is 11.9. The summed E-state index contributed by atoms with van der Waals surface area (Å²) in [6.07, 6.45) is 9.05. The van der Waals surface area contributed by atoms with Crippen LogP contribution in [0.1, 0.15) is 48.9 Å². The van der Waals surface area contributed by atoms with Crippen molar-refractivity contribution in [3.8, 4) is 0 Å². The topological polar surface area (TPSA) is 79.3 Å². The van der Waals surface area contributed by atoms with Crippen LogP contribution in [0.2, 0.25) is 0 Å². The van der Waals surface area contributed by atoms with Crippen LogP contribution in [-0.4, -0.2) is 22.0 Å². The number of nitrogens with one attached hydrogen (secondary N) is 1. The highest BCUT2D eigenvalue weighted by atomic mass is 16.4. The van der Waals surface area contributed by atoms with Gasteiger partial charge in [0.05, 0.1) is 17.4 Å². The normalized spacial score (nSPS) is 16.0. The number of aromatic nitrogens is 1. The molecule has 0 saturated heterocycles. The molecule has 1 heterocycles. The fourth-order valence-electron chi connectivity index (χ4n) is 2.54. The second kappa shape index (κ2) is 6.31. The van der Waals surface area contributed by atoms with E-state index >= 15 is 0 Å². The van der Waals surface area contributed by atoms with Crippen molar-refractivity contribution in [1.82, 2.24) is 4.98 Å². The van der Waals surface area contributed by atoms with Gasteiger partial charge in [-0.15, -0.1) is 0 Å². The highest BCUT2D eigenvalue weighted by molar-refractivity contribution is 6.00. The Kier molecular flexibility index (Phi) is 4.49. The first-order valence-corrected chi connectivity index (χ1v) is 6.64. The van der Waals surface area contributed by atoms with Crippen LogP contribution >= 0.6 is 0 Å². The molecule has 1 aliphatic carbocycles. The van der Waals surface area contributed by atoms with Crippen LogP contribution in [0, 0.1) is 5.92 Å². The van der Waals surface area contributed by atoms with Crippen molar-refractivity contribution in [3.05, 3.63) is 24.0 Å². The number of hydrogen-bond donors (Lipinski definition) is 2. The summed E-state index contributed by atoms with van der Waals surface area (Å²) < 4.78 is 0. The number of nitrogens with zero attached hydrogens (tertiary/aromatic N) is 1. The number of rotatable bonds is 4. The summed E-state index contributed by atoms with van der Waals surface area (Å²) in [5, 5.41) is 11.7. The zero-order valence-electron chi connectivity index (χ0n) is 10.8. The number of pyridine rings is 1. The van der Waals surface area contributed by atoms with Gasteiger partial charge in [-0.05, 0) is 24.8 Å². The first kappa shape index (κ1) is 13.5. The molecule has 0 aliphatic heterocycles. The molecule has 1 aromatic heterocycles. The molecule has 1 aromatic rings. The Hall–Kier alpha value is -1.91. The smallest absolute Gasteiger partial charge is 0.337 e. The minimum absolute atomic E-state index is 0.0759. The van der Waals surface area contributed by atoms with E-state index in [1.54, 1.807) is 0 Å². The van der Waals surface area contributed by atoms with E-state index in [1.807, 2.05) is 0 Å². The molecule has 1 aliphatic rings. The van der Waals surface area contributed by atoms with Crippen molar-refractivity contribution in [2.24, 2.45) is 5.92 Å². The number of carbonyl (C=O) groups is 2. The second-order valence-corrected chi connectivity index (χ2v) is 4.98. The van der Waals surface area contributed by atoms with Crippen LogP contribution in [0.25, 0.3) is 0 Å². The van der Waals surface area contributed by atoms with Gasteiger partial charge in [-0.3, -0.25) is 9.78 Å². The first-order chi connectivity index (χ1) is 9.16. The summed E-state index contributed by atoms with van der Waals surface area (Å²) in [5.41, 5.74) is 0.350. The zero-order chi connectivity index (χ0) is 13.7. The van der Waals surface area contributed by atoms with Crippen molar-refractivity contribution in [1.29, 1.82) is 0 Å². The van der Waals surface area contributed by atoms with Gasteiger partial charge < -0.3 is 10.4 Å². The highest BCUT2D eigenvalue weighted by Gasteiger charge is 2.18. The Morgan fingerprint density at radius 2 is 2.05 bits per heavy atom. The molecule has 19 heavy (non-hydrogen) atoms. The summed E-state index contributed by atoms with van der Waals surface area (Å²) in [6.45, 7) is 0. The summed E-state index contributed by atoms with van der Waals surface area (Å²) >= 11 is 0. The van der Waals surface area contributed by atoms with Gasteiger partial charge in [-0.25, -0.2) is 4.79 Å². The standard InChI is InChI=1S/C14H18N2O3/c17-13(8-10-4-2-1-3-5-10)16-12-9-15-7-6-11(12)14(18)19/h6-7,9-10H,1-5,8H2,(H,16,17)(H,18,19). The van der Waals surface area contributed by atoms with Gasteiger partial charge >= 0.3 is 5.97 Å². The molecule has 0 radical (unpaired) electrons. The predicted molar refractivity (Wildman–Crippen MR) is 71.0 cm³/mol. The third-order valence-electron chi connectivity index (χ3n) is 3.52. The van der Waals surface area contributed by atoms with Gasteiger partial charge in [0, 0.05) is 12.6 Å². The maximum Gasteiger partial charge on any atom is 0.337 e. The van der Waals surface area contributed by atoms with Crippen molar-refractivity contribution in [2.45, 2.75) is 38.5 Å². The lowest BCUT2D eigenvalue weighted by molar-refractivity contribution is -0.117.